The molecule has 4 aromatic rings. The highest BCUT2D eigenvalue weighted by molar-refractivity contribution is 5.89. The number of tetrazole rings is 1. The van der Waals surface area contributed by atoms with Crippen LogP contribution in [0.3, 0.4) is 0 Å². The lowest BCUT2D eigenvalue weighted by Gasteiger charge is -2.38. The molecule has 0 N–H and O–H groups in total. The molecule has 6 rings (SSSR count). The third-order valence-electron chi connectivity index (χ3n) is 6.84. The van der Waals surface area contributed by atoms with Gasteiger partial charge in [-0.15, -0.1) is 0 Å². The molecule has 0 unspecified atom stereocenters. The highest BCUT2D eigenvalue weighted by Crippen LogP contribution is 2.36. The molecule has 0 bridgehead atoms. The quantitative estimate of drug-likeness (QED) is 0.438. The fourth-order valence-electron chi connectivity index (χ4n) is 4.96. The molecule has 0 radical (unpaired) electrons. The molecule has 1 saturated heterocycles. The number of carbonyl (C=O) groups is 1. The van der Waals surface area contributed by atoms with Crippen LogP contribution in [0.2, 0.25) is 0 Å². The molecule has 0 aliphatic carbocycles. The normalized spacial score (nSPS) is 17.5. The number of anilines is 2. The predicted molar refractivity (Wildman–Crippen MR) is 139 cm³/mol. The molecule has 8 heteroatoms. The Morgan fingerprint density at radius 1 is 0.806 bits per heavy atom. The topological polar surface area (TPSA) is 70.4 Å². The van der Waals surface area contributed by atoms with Crippen LogP contribution in [0.1, 0.15) is 17.2 Å². The second kappa shape index (κ2) is 9.65. The number of piperazine rings is 1. The Labute approximate surface area is 210 Å². The Kier molecular flexibility index (Phi) is 5.91. The van der Waals surface area contributed by atoms with Gasteiger partial charge in [-0.2, -0.15) is 4.68 Å². The van der Waals surface area contributed by atoms with Crippen molar-refractivity contribution in [2.45, 2.75) is 6.04 Å². The van der Waals surface area contributed by atoms with Crippen LogP contribution >= 0.6 is 0 Å². The number of rotatable bonds is 5. The summed E-state index contributed by atoms with van der Waals surface area (Å²) in [6, 6.07) is 30.5. The van der Waals surface area contributed by atoms with E-state index in [1.807, 2.05) is 64.4 Å². The van der Waals surface area contributed by atoms with Crippen LogP contribution in [0.5, 0.6) is 0 Å². The van der Waals surface area contributed by atoms with E-state index in [1.54, 1.807) is 4.68 Å². The number of benzene rings is 3. The first-order valence-corrected chi connectivity index (χ1v) is 12.2. The van der Waals surface area contributed by atoms with Crippen molar-refractivity contribution in [2.24, 2.45) is 0 Å². The van der Waals surface area contributed by atoms with Gasteiger partial charge in [0.15, 0.2) is 0 Å². The predicted octanol–water partition coefficient (Wildman–Crippen LogP) is 3.47. The average molecular weight is 478 g/mol. The Hall–Kier alpha value is -4.46. The monoisotopic (exact) mass is 477 g/mol. The van der Waals surface area contributed by atoms with Crippen molar-refractivity contribution in [3.8, 4) is 0 Å². The van der Waals surface area contributed by atoms with E-state index >= 15 is 0 Å². The van der Waals surface area contributed by atoms with Crippen molar-refractivity contribution in [2.75, 3.05) is 42.5 Å². The maximum atomic E-state index is 13.5. The van der Waals surface area contributed by atoms with Crippen molar-refractivity contribution in [3.05, 3.63) is 108 Å². The summed E-state index contributed by atoms with van der Waals surface area (Å²) in [5, 5.41) is 12.6. The summed E-state index contributed by atoms with van der Waals surface area (Å²) < 4.78 is 1.79. The Morgan fingerprint density at radius 3 is 2.14 bits per heavy atom. The summed E-state index contributed by atoms with van der Waals surface area (Å²) in [5.41, 5.74) is 4.24. The van der Waals surface area contributed by atoms with Gasteiger partial charge in [0.25, 0.3) is 5.95 Å². The van der Waals surface area contributed by atoms with Crippen LogP contribution in [0.15, 0.2) is 97.1 Å². The summed E-state index contributed by atoms with van der Waals surface area (Å²) in [7, 11) is 0. The number of fused-ring (bicyclic) bond motifs is 1. The zero-order valence-corrected chi connectivity index (χ0v) is 19.9. The highest BCUT2D eigenvalue weighted by atomic mass is 16.2. The summed E-state index contributed by atoms with van der Waals surface area (Å²) in [6.45, 7) is 3.16. The molecular formula is C28H27N7O. The van der Waals surface area contributed by atoms with Gasteiger partial charge in [-0.3, -0.25) is 9.69 Å². The minimum Gasteiger partial charge on any atom is -0.368 e. The van der Waals surface area contributed by atoms with E-state index in [0.717, 1.165) is 29.9 Å². The molecule has 3 aromatic carbocycles. The van der Waals surface area contributed by atoms with E-state index in [0.29, 0.717) is 19.0 Å². The van der Waals surface area contributed by atoms with Gasteiger partial charge in [0, 0.05) is 31.9 Å². The number of hydrogen-bond acceptors (Lipinski definition) is 6. The number of para-hydroxylation sites is 1. The Morgan fingerprint density at radius 2 is 1.44 bits per heavy atom. The zero-order chi connectivity index (χ0) is 24.3. The van der Waals surface area contributed by atoms with Crippen molar-refractivity contribution in [1.29, 1.82) is 0 Å². The van der Waals surface area contributed by atoms with E-state index < -0.39 is 0 Å². The molecule has 180 valence electrons. The van der Waals surface area contributed by atoms with E-state index in [1.165, 1.54) is 5.69 Å². The molecule has 8 nitrogen and oxygen atoms in total. The molecule has 1 fully saturated rings. The van der Waals surface area contributed by atoms with Crippen LogP contribution in [0.25, 0.3) is 5.70 Å². The molecule has 1 atom stereocenters. The van der Waals surface area contributed by atoms with Gasteiger partial charge < -0.3 is 9.80 Å². The number of allylic oxidation sites excluding steroid dienone is 1. The van der Waals surface area contributed by atoms with Crippen LogP contribution in [-0.4, -0.2) is 63.7 Å². The molecule has 1 amide bonds. The number of hydrogen-bond donors (Lipinski definition) is 0. The van der Waals surface area contributed by atoms with Gasteiger partial charge in [-0.05, 0) is 39.8 Å². The van der Waals surface area contributed by atoms with Crippen LogP contribution in [0, 0.1) is 0 Å². The average Bonchev–Trinajstić information content (AvgIpc) is 3.45. The van der Waals surface area contributed by atoms with Gasteiger partial charge in [0.1, 0.15) is 12.6 Å². The van der Waals surface area contributed by atoms with E-state index in [4.69, 9.17) is 0 Å². The third kappa shape index (κ3) is 4.22. The second-order valence-electron chi connectivity index (χ2n) is 8.99. The van der Waals surface area contributed by atoms with Crippen LogP contribution in [-0.2, 0) is 4.79 Å². The maximum absolute atomic E-state index is 13.5. The van der Waals surface area contributed by atoms with Gasteiger partial charge in [-0.25, -0.2) is 0 Å². The smallest absolute Gasteiger partial charge is 0.251 e. The van der Waals surface area contributed by atoms with Crippen LogP contribution < -0.4 is 9.80 Å². The molecule has 0 spiro atoms. The highest BCUT2D eigenvalue weighted by Gasteiger charge is 2.33. The van der Waals surface area contributed by atoms with E-state index in [-0.39, 0.29) is 18.5 Å². The lowest BCUT2D eigenvalue weighted by molar-refractivity contribution is -0.129. The fraction of sp³-hybridized carbons (Fsp3) is 0.214. The first kappa shape index (κ1) is 22.0. The first-order chi connectivity index (χ1) is 17.8. The molecule has 2 aliphatic heterocycles. The summed E-state index contributed by atoms with van der Waals surface area (Å²) in [4.78, 5) is 19.7. The molecular weight excluding hydrogens is 450 g/mol. The van der Waals surface area contributed by atoms with Crippen molar-refractivity contribution < 1.29 is 4.79 Å². The molecule has 36 heavy (non-hydrogen) atoms. The number of aromatic nitrogens is 4. The second-order valence-corrected chi connectivity index (χ2v) is 8.99. The van der Waals surface area contributed by atoms with Gasteiger partial charge in [0.05, 0.1) is 5.70 Å². The van der Waals surface area contributed by atoms with Crippen LogP contribution in [0.4, 0.5) is 11.6 Å². The standard InChI is InChI=1S/C28H27N7O/c36-27(33-18-16-32(17-19-33)24-14-8-3-9-15-24)21-34-25(22-10-4-1-5-11-22)20-26(23-12-6-2-7-13-23)35-28(34)29-30-31-35/h1-15,20,26H,16-19,21H2/t26-/m1/s1. The largest absolute Gasteiger partial charge is 0.368 e. The molecule has 1 aromatic heterocycles. The molecule has 2 aliphatic rings. The van der Waals surface area contributed by atoms with Crippen molar-refractivity contribution in [1.82, 2.24) is 25.1 Å². The molecule has 3 heterocycles. The fourth-order valence-corrected chi connectivity index (χ4v) is 4.96. The minimum atomic E-state index is -0.160. The van der Waals surface area contributed by atoms with Crippen molar-refractivity contribution in [3.63, 3.8) is 0 Å². The summed E-state index contributed by atoms with van der Waals surface area (Å²) in [5.74, 6) is 0.638. The lowest BCUT2D eigenvalue weighted by atomic mass is 10.0. The summed E-state index contributed by atoms with van der Waals surface area (Å²) >= 11 is 0. The third-order valence-corrected chi connectivity index (χ3v) is 6.84. The number of nitrogens with zero attached hydrogens (tertiary/aromatic N) is 7. The Bertz CT molecular complexity index is 1350. The SMILES string of the molecule is O=C(CN1C(c2ccccc2)=C[C@H](c2ccccc2)n2nnnc21)N1CCN(c2ccccc2)CC1. The zero-order valence-electron chi connectivity index (χ0n) is 19.9. The van der Waals surface area contributed by atoms with E-state index in [9.17, 15) is 4.79 Å². The van der Waals surface area contributed by atoms with Gasteiger partial charge in [0.2, 0.25) is 5.91 Å². The van der Waals surface area contributed by atoms with Crippen molar-refractivity contribution >= 4 is 23.2 Å². The molecule has 0 saturated carbocycles. The maximum Gasteiger partial charge on any atom is 0.251 e. The minimum absolute atomic E-state index is 0.0669. The van der Waals surface area contributed by atoms with Gasteiger partial charge in [-0.1, -0.05) is 84.0 Å². The number of carbonyl (C=O) groups excluding carboxylic acids is 1. The van der Waals surface area contributed by atoms with E-state index in [2.05, 4.69) is 62.9 Å². The lowest BCUT2D eigenvalue weighted by Crippen LogP contribution is -2.51. The first-order valence-electron chi connectivity index (χ1n) is 12.2. The summed E-state index contributed by atoms with van der Waals surface area (Å²) in [6.07, 6.45) is 2.15. The van der Waals surface area contributed by atoms with Gasteiger partial charge >= 0.3 is 0 Å². The Balaban J connectivity index is 1.27. The number of amides is 1.